The van der Waals surface area contributed by atoms with E-state index in [1.807, 2.05) is 25.1 Å². The molecule has 0 saturated heterocycles. The van der Waals surface area contributed by atoms with Gasteiger partial charge < -0.3 is 4.74 Å². The molecule has 0 aliphatic carbocycles. The molecule has 0 amide bonds. The molecule has 0 N–H and O–H groups in total. The van der Waals surface area contributed by atoms with Crippen LogP contribution in [-0.4, -0.2) is 34.1 Å². The number of aryl methyl sites for hydroxylation is 2. The zero-order valence-electron chi connectivity index (χ0n) is 14.1. The molecule has 4 aromatic rings. The third-order valence-electron chi connectivity index (χ3n) is 4.39. The highest BCUT2D eigenvalue weighted by Gasteiger charge is 2.18. The lowest BCUT2D eigenvalue weighted by Gasteiger charge is -2.10. The summed E-state index contributed by atoms with van der Waals surface area (Å²) in [6.45, 7) is 1.85. The van der Waals surface area contributed by atoms with Crippen LogP contribution >= 0.6 is 0 Å². The average molecular weight is 330 g/mol. The molecule has 0 atom stereocenters. The van der Waals surface area contributed by atoms with Crippen LogP contribution in [0.5, 0.6) is 5.88 Å². The lowest BCUT2D eigenvalue weighted by atomic mass is 9.94. The number of benzene rings is 1. The molecule has 122 valence electrons. The molecule has 0 aliphatic heterocycles. The monoisotopic (exact) mass is 330 g/mol. The van der Waals surface area contributed by atoms with E-state index in [-0.39, 0.29) is 5.69 Å². The van der Waals surface area contributed by atoms with Crippen molar-refractivity contribution >= 4 is 35.2 Å². The molecule has 0 spiro atoms. The van der Waals surface area contributed by atoms with Crippen molar-refractivity contribution in [3.05, 3.63) is 52.7 Å². The van der Waals surface area contributed by atoms with Gasteiger partial charge in [-0.15, -0.1) is 0 Å². The fourth-order valence-electron chi connectivity index (χ4n) is 3.12. The number of rotatable bonds is 2. The number of hydrogen-bond acceptors (Lipinski definition) is 4. The molecule has 25 heavy (non-hydrogen) atoms. The molecule has 0 fully saturated rings. The Morgan fingerprint density at radius 2 is 2.00 bits per heavy atom. The summed E-state index contributed by atoms with van der Waals surface area (Å²) in [6.07, 6.45) is 1.71. The van der Waals surface area contributed by atoms with Crippen molar-refractivity contribution in [2.45, 2.75) is 6.92 Å². The van der Waals surface area contributed by atoms with E-state index in [1.54, 1.807) is 41.6 Å². The molecule has 1 aromatic carbocycles. The predicted octanol–water partition coefficient (Wildman–Crippen LogP) is 1.38. The van der Waals surface area contributed by atoms with Gasteiger partial charge in [0.25, 0.3) is 0 Å². The van der Waals surface area contributed by atoms with Crippen LogP contribution in [-0.2, 0) is 7.05 Å². The van der Waals surface area contributed by atoms with Crippen molar-refractivity contribution in [2.75, 3.05) is 7.11 Å². The lowest BCUT2D eigenvalue weighted by molar-refractivity contribution is 0.397. The van der Waals surface area contributed by atoms with Crippen molar-refractivity contribution in [3.63, 3.8) is 0 Å². The maximum absolute atomic E-state index is 12.9. The van der Waals surface area contributed by atoms with Crippen molar-refractivity contribution in [1.82, 2.24) is 19.1 Å². The zero-order chi connectivity index (χ0) is 17.7. The first-order valence-electron chi connectivity index (χ1n) is 7.79. The third-order valence-corrected chi connectivity index (χ3v) is 4.39. The Hall–Kier alpha value is -3.09. The van der Waals surface area contributed by atoms with Gasteiger partial charge in [-0.3, -0.25) is 14.1 Å². The van der Waals surface area contributed by atoms with Crippen LogP contribution in [0.1, 0.15) is 5.69 Å². The Labute approximate surface area is 145 Å². The van der Waals surface area contributed by atoms with Gasteiger partial charge in [0, 0.05) is 18.5 Å². The van der Waals surface area contributed by atoms with Gasteiger partial charge >= 0.3 is 5.69 Å². The first-order chi connectivity index (χ1) is 12.0. The molecule has 4 rings (SSSR count). The van der Waals surface area contributed by atoms with Crippen molar-refractivity contribution in [1.29, 1.82) is 0 Å². The number of pyridine rings is 2. The average Bonchev–Trinajstić information content (AvgIpc) is 2.86. The summed E-state index contributed by atoms with van der Waals surface area (Å²) < 4.78 is 8.40. The van der Waals surface area contributed by atoms with E-state index in [4.69, 9.17) is 12.6 Å². The van der Waals surface area contributed by atoms with E-state index in [1.165, 1.54) is 0 Å². The number of methoxy groups -OCH3 is 1. The fraction of sp³-hybridized carbons (Fsp3) is 0.167. The molecule has 0 aliphatic rings. The van der Waals surface area contributed by atoms with Gasteiger partial charge in [-0.25, -0.2) is 9.78 Å². The number of imidazole rings is 1. The Morgan fingerprint density at radius 3 is 2.72 bits per heavy atom. The zero-order valence-corrected chi connectivity index (χ0v) is 14.1. The predicted molar refractivity (Wildman–Crippen MR) is 98.3 cm³/mol. The summed E-state index contributed by atoms with van der Waals surface area (Å²) in [7, 11) is 9.26. The second kappa shape index (κ2) is 5.48. The van der Waals surface area contributed by atoms with Gasteiger partial charge in [0.2, 0.25) is 5.88 Å². The third kappa shape index (κ3) is 2.23. The summed E-state index contributed by atoms with van der Waals surface area (Å²) in [4.78, 5) is 21.8. The Bertz CT molecular complexity index is 1190. The van der Waals surface area contributed by atoms with Crippen LogP contribution < -0.4 is 15.9 Å². The van der Waals surface area contributed by atoms with Crippen LogP contribution in [0.2, 0.25) is 0 Å². The standard InChI is InChI=1S/C18H15BN4O2/c1-10-14(6-7-16(21-10)25-3)23-17-12-8-11(19)4-5-13(12)20-9-15(17)22(2)18(23)24/h4-9H,1-3H3. The summed E-state index contributed by atoms with van der Waals surface area (Å²) >= 11 is 0. The minimum Gasteiger partial charge on any atom is -0.481 e. The molecule has 7 heteroatoms. The van der Waals surface area contributed by atoms with Crippen molar-refractivity contribution in [3.8, 4) is 11.6 Å². The summed E-state index contributed by atoms with van der Waals surface area (Å²) in [6, 6.07) is 9.07. The second-order valence-electron chi connectivity index (χ2n) is 5.90. The molecule has 3 aromatic heterocycles. The molecule has 0 saturated carbocycles. The maximum Gasteiger partial charge on any atom is 0.333 e. The van der Waals surface area contributed by atoms with Gasteiger partial charge in [-0.2, -0.15) is 0 Å². The SMILES string of the molecule is [B]c1ccc2ncc3c(c2c1)n(-c1ccc(OC)nc1C)c(=O)n3C. The van der Waals surface area contributed by atoms with Crippen LogP contribution in [0.3, 0.4) is 0 Å². The van der Waals surface area contributed by atoms with Crippen LogP contribution in [0, 0.1) is 6.92 Å². The highest BCUT2D eigenvalue weighted by molar-refractivity contribution is 6.33. The molecule has 2 radical (unpaired) electrons. The molecular weight excluding hydrogens is 315 g/mol. The highest BCUT2D eigenvalue weighted by Crippen LogP contribution is 2.26. The van der Waals surface area contributed by atoms with Crippen LogP contribution in [0.15, 0.2) is 41.3 Å². The Balaban J connectivity index is 2.19. The van der Waals surface area contributed by atoms with E-state index in [2.05, 4.69) is 9.97 Å². The lowest BCUT2D eigenvalue weighted by Crippen LogP contribution is -2.21. The van der Waals surface area contributed by atoms with Gasteiger partial charge in [0.15, 0.2) is 0 Å². The number of fused-ring (bicyclic) bond motifs is 3. The van der Waals surface area contributed by atoms with E-state index >= 15 is 0 Å². The smallest absolute Gasteiger partial charge is 0.333 e. The Kier molecular flexibility index (Phi) is 3.38. The van der Waals surface area contributed by atoms with Gasteiger partial charge in [-0.1, -0.05) is 17.6 Å². The number of nitrogens with zero attached hydrogens (tertiary/aromatic N) is 4. The summed E-state index contributed by atoms with van der Waals surface area (Å²) in [5, 5.41) is 0.824. The van der Waals surface area contributed by atoms with E-state index in [0.717, 1.165) is 21.9 Å². The normalized spacial score (nSPS) is 11.3. The molecule has 6 nitrogen and oxygen atoms in total. The highest BCUT2D eigenvalue weighted by atomic mass is 16.5. The minimum absolute atomic E-state index is 0.165. The van der Waals surface area contributed by atoms with Crippen LogP contribution in [0.25, 0.3) is 27.6 Å². The quantitative estimate of drug-likeness (QED) is 0.521. The van der Waals surface area contributed by atoms with Crippen molar-refractivity contribution in [2.24, 2.45) is 7.05 Å². The van der Waals surface area contributed by atoms with E-state index in [9.17, 15) is 4.79 Å². The van der Waals surface area contributed by atoms with E-state index in [0.29, 0.717) is 22.7 Å². The molecule has 0 bridgehead atoms. The first-order valence-corrected chi connectivity index (χ1v) is 7.79. The fourth-order valence-corrected chi connectivity index (χ4v) is 3.12. The summed E-state index contributed by atoms with van der Waals surface area (Å²) in [5.74, 6) is 0.505. The van der Waals surface area contributed by atoms with Crippen molar-refractivity contribution < 1.29 is 4.74 Å². The number of hydrogen-bond donors (Lipinski definition) is 0. The Morgan fingerprint density at radius 1 is 1.20 bits per heavy atom. The van der Waals surface area contributed by atoms with Gasteiger partial charge in [0.1, 0.15) is 7.85 Å². The van der Waals surface area contributed by atoms with Crippen LogP contribution in [0.4, 0.5) is 0 Å². The molecule has 3 heterocycles. The van der Waals surface area contributed by atoms with Gasteiger partial charge in [0.05, 0.1) is 41.2 Å². The first kappa shape index (κ1) is 15.4. The number of aromatic nitrogens is 4. The topological polar surface area (TPSA) is 61.9 Å². The van der Waals surface area contributed by atoms with Gasteiger partial charge in [-0.05, 0) is 19.1 Å². The molecular formula is C18H15BN4O2. The summed E-state index contributed by atoms with van der Waals surface area (Å²) in [5.41, 5.74) is 4.13. The second-order valence-corrected chi connectivity index (χ2v) is 5.90. The number of ether oxygens (including phenoxy) is 1. The minimum atomic E-state index is -0.165. The maximum atomic E-state index is 12.9. The molecule has 0 unspecified atom stereocenters. The van der Waals surface area contributed by atoms with E-state index < -0.39 is 0 Å². The largest absolute Gasteiger partial charge is 0.481 e.